The summed E-state index contributed by atoms with van der Waals surface area (Å²) >= 11 is 2.81. The van der Waals surface area contributed by atoms with Gasteiger partial charge in [-0.1, -0.05) is 23.1 Å². The van der Waals surface area contributed by atoms with E-state index in [1.807, 2.05) is 26.8 Å². The van der Waals surface area contributed by atoms with Crippen molar-refractivity contribution in [2.24, 2.45) is 0 Å². The number of hydrogen-bond acceptors (Lipinski definition) is 8. The van der Waals surface area contributed by atoms with E-state index in [9.17, 15) is 9.59 Å². The minimum Gasteiger partial charge on any atom is -0.444 e. The third-order valence-electron chi connectivity index (χ3n) is 3.96. The fourth-order valence-electron chi connectivity index (χ4n) is 2.65. The molecule has 1 fully saturated rings. The maximum absolute atomic E-state index is 12.2. The highest BCUT2D eigenvalue weighted by molar-refractivity contribution is 8.01. The summed E-state index contributed by atoms with van der Waals surface area (Å²) in [6, 6.07) is 8.12. The second-order valence-corrected chi connectivity index (χ2v) is 10.1. The van der Waals surface area contributed by atoms with Crippen LogP contribution in [-0.2, 0) is 4.74 Å². The molecule has 2 N–H and O–H groups in total. The first kappa shape index (κ1) is 21.9. The molecule has 3 rings (SSSR count). The molecule has 0 bridgehead atoms. The summed E-state index contributed by atoms with van der Waals surface area (Å²) < 4.78 is 6.13. The van der Waals surface area contributed by atoms with Gasteiger partial charge in [0.1, 0.15) is 5.60 Å². The Labute approximate surface area is 182 Å². The van der Waals surface area contributed by atoms with Crippen molar-refractivity contribution in [2.75, 3.05) is 23.7 Å². The van der Waals surface area contributed by atoms with Gasteiger partial charge in [-0.05, 0) is 51.5 Å². The predicted octanol–water partition coefficient (Wildman–Crippen LogP) is 4.16. The van der Waals surface area contributed by atoms with Gasteiger partial charge >= 0.3 is 12.1 Å². The lowest BCUT2D eigenvalue weighted by Gasteiger charge is -2.24. The molecule has 0 aliphatic carbocycles. The number of nitrogens with one attached hydrogen (secondary N) is 2. The van der Waals surface area contributed by atoms with Crippen LogP contribution in [0.5, 0.6) is 0 Å². The van der Waals surface area contributed by atoms with Crippen molar-refractivity contribution >= 4 is 46.0 Å². The van der Waals surface area contributed by atoms with Crippen molar-refractivity contribution in [3.8, 4) is 6.07 Å². The maximum Gasteiger partial charge on any atom is 0.410 e. The standard InChI is InChI=1S/C19H22N6O3S2/c1-19(2,3)28-18(27)25-9-8-14(11-25)29-17-24-23-16(30-17)22-15(26)21-13-6-4-12(10-20)5-7-13/h4-7,14H,8-9,11H2,1-3H3,(H2,21,22,23,26)/t14-/m1/s1. The maximum atomic E-state index is 12.2. The van der Waals surface area contributed by atoms with Gasteiger partial charge < -0.3 is 15.0 Å². The SMILES string of the molecule is CC(C)(C)OC(=O)N1CC[C@@H](Sc2nnc(NC(=O)Nc3ccc(C#N)cc3)s2)C1. The van der Waals surface area contributed by atoms with Gasteiger partial charge in [0.25, 0.3) is 0 Å². The highest BCUT2D eigenvalue weighted by Gasteiger charge is 2.31. The molecule has 1 aliphatic heterocycles. The molecule has 158 valence electrons. The lowest BCUT2D eigenvalue weighted by molar-refractivity contribution is 0.0295. The van der Waals surface area contributed by atoms with Crippen LogP contribution in [0, 0.1) is 11.3 Å². The summed E-state index contributed by atoms with van der Waals surface area (Å²) in [5, 5.41) is 22.8. The summed E-state index contributed by atoms with van der Waals surface area (Å²) in [5.74, 6) is 0. The number of hydrogen-bond donors (Lipinski definition) is 2. The van der Waals surface area contributed by atoms with E-state index in [2.05, 4.69) is 20.8 Å². The van der Waals surface area contributed by atoms with E-state index >= 15 is 0 Å². The Morgan fingerprint density at radius 2 is 2.00 bits per heavy atom. The van der Waals surface area contributed by atoms with Crippen molar-refractivity contribution < 1.29 is 14.3 Å². The van der Waals surface area contributed by atoms with Crippen LogP contribution in [0.25, 0.3) is 0 Å². The number of carbonyl (C=O) groups is 2. The zero-order valence-electron chi connectivity index (χ0n) is 16.8. The number of nitrogens with zero attached hydrogens (tertiary/aromatic N) is 4. The number of carbonyl (C=O) groups excluding carboxylic acids is 2. The molecule has 2 heterocycles. The number of likely N-dealkylation sites (tertiary alicyclic amines) is 1. The number of aromatic nitrogens is 2. The monoisotopic (exact) mass is 446 g/mol. The zero-order chi connectivity index (χ0) is 21.7. The molecule has 1 atom stereocenters. The first-order valence-corrected chi connectivity index (χ1v) is 11.0. The molecule has 2 aromatic rings. The molecule has 0 saturated carbocycles. The number of benzene rings is 1. The summed E-state index contributed by atoms with van der Waals surface area (Å²) in [5.41, 5.74) is 0.572. The smallest absolute Gasteiger partial charge is 0.410 e. The summed E-state index contributed by atoms with van der Waals surface area (Å²) in [4.78, 5) is 26.0. The lowest BCUT2D eigenvalue weighted by atomic mass is 10.2. The van der Waals surface area contributed by atoms with Gasteiger partial charge in [-0.15, -0.1) is 10.2 Å². The normalized spacial score (nSPS) is 16.1. The van der Waals surface area contributed by atoms with E-state index in [0.29, 0.717) is 29.5 Å². The van der Waals surface area contributed by atoms with E-state index in [0.717, 1.165) is 10.8 Å². The van der Waals surface area contributed by atoms with E-state index in [-0.39, 0.29) is 11.3 Å². The molecule has 0 unspecified atom stereocenters. The Bertz CT molecular complexity index is 948. The van der Waals surface area contributed by atoms with Gasteiger partial charge in [-0.25, -0.2) is 9.59 Å². The minimum absolute atomic E-state index is 0.200. The first-order chi connectivity index (χ1) is 14.2. The average Bonchev–Trinajstić information content (AvgIpc) is 3.31. The number of ether oxygens (including phenoxy) is 1. The highest BCUT2D eigenvalue weighted by atomic mass is 32.2. The molecule has 9 nitrogen and oxygen atoms in total. The third-order valence-corrected chi connectivity index (χ3v) is 6.14. The number of nitriles is 1. The Balaban J connectivity index is 1.47. The quantitative estimate of drug-likeness (QED) is 0.677. The Hall–Kier alpha value is -2.84. The van der Waals surface area contributed by atoms with Crippen molar-refractivity contribution in [3.63, 3.8) is 0 Å². The van der Waals surface area contributed by atoms with Gasteiger partial charge in [0, 0.05) is 24.0 Å². The van der Waals surface area contributed by atoms with Crippen LogP contribution in [0.1, 0.15) is 32.8 Å². The fraction of sp³-hybridized carbons (Fsp3) is 0.421. The topological polar surface area (TPSA) is 120 Å². The molecule has 3 amide bonds. The predicted molar refractivity (Wildman–Crippen MR) is 116 cm³/mol. The van der Waals surface area contributed by atoms with Crippen LogP contribution < -0.4 is 10.6 Å². The molecule has 11 heteroatoms. The fourth-order valence-corrected chi connectivity index (χ4v) is 4.82. The number of anilines is 2. The van der Waals surface area contributed by atoms with Crippen LogP contribution in [0.15, 0.2) is 28.6 Å². The van der Waals surface area contributed by atoms with Crippen molar-refractivity contribution in [1.29, 1.82) is 5.26 Å². The number of amides is 3. The van der Waals surface area contributed by atoms with Gasteiger partial charge in [0.2, 0.25) is 5.13 Å². The molecule has 0 spiro atoms. The van der Waals surface area contributed by atoms with Crippen LogP contribution in [0.2, 0.25) is 0 Å². The third kappa shape index (κ3) is 6.33. The van der Waals surface area contributed by atoms with Crippen molar-refractivity contribution in [1.82, 2.24) is 15.1 Å². The molecule has 0 radical (unpaired) electrons. The Morgan fingerprint density at radius 1 is 1.27 bits per heavy atom. The zero-order valence-corrected chi connectivity index (χ0v) is 18.5. The minimum atomic E-state index is -0.513. The summed E-state index contributed by atoms with van der Waals surface area (Å²) in [6.45, 7) is 6.77. The van der Waals surface area contributed by atoms with Crippen molar-refractivity contribution in [3.05, 3.63) is 29.8 Å². The molecule has 1 aromatic carbocycles. The lowest BCUT2D eigenvalue weighted by Crippen LogP contribution is -2.35. The van der Waals surface area contributed by atoms with E-state index < -0.39 is 11.6 Å². The van der Waals surface area contributed by atoms with E-state index in [4.69, 9.17) is 10.00 Å². The van der Waals surface area contributed by atoms with Gasteiger partial charge in [-0.2, -0.15) is 5.26 Å². The summed E-state index contributed by atoms with van der Waals surface area (Å²) in [6.07, 6.45) is 0.538. The largest absolute Gasteiger partial charge is 0.444 e. The second-order valence-electron chi connectivity index (χ2n) is 7.60. The summed E-state index contributed by atoms with van der Waals surface area (Å²) in [7, 11) is 0. The number of urea groups is 1. The molecular formula is C19H22N6O3S2. The number of thioether (sulfide) groups is 1. The molecule has 1 aliphatic rings. The van der Waals surface area contributed by atoms with E-state index in [1.54, 1.807) is 29.2 Å². The van der Waals surface area contributed by atoms with Gasteiger partial charge in [0.05, 0.1) is 11.6 Å². The van der Waals surface area contributed by atoms with Crippen molar-refractivity contribution in [2.45, 2.75) is 42.4 Å². The first-order valence-electron chi connectivity index (χ1n) is 9.28. The molecule has 30 heavy (non-hydrogen) atoms. The van der Waals surface area contributed by atoms with Gasteiger partial charge in [0.15, 0.2) is 4.34 Å². The Morgan fingerprint density at radius 3 is 2.67 bits per heavy atom. The van der Waals surface area contributed by atoms with Crippen LogP contribution in [0.4, 0.5) is 20.4 Å². The van der Waals surface area contributed by atoms with Crippen LogP contribution >= 0.6 is 23.1 Å². The van der Waals surface area contributed by atoms with Crippen LogP contribution in [0.3, 0.4) is 0 Å². The second kappa shape index (κ2) is 9.32. The molecular weight excluding hydrogens is 424 g/mol. The molecule has 1 aromatic heterocycles. The highest BCUT2D eigenvalue weighted by Crippen LogP contribution is 2.33. The Kier molecular flexibility index (Phi) is 6.79. The van der Waals surface area contributed by atoms with Gasteiger partial charge in [-0.3, -0.25) is 5.32 Å². The average molecular weight is 447 g/mol. The number of rotatable bonds is 4. The molecule has 1 saturated heterocycles. The van der Waals surface area contributed by atoms with E-state index in [1.165, 1.54) is 23.1 Å². The van der Waals surface area contributed by atoms with Crippen LogP contribution in [-0.4, -0.2) is 51.2 Å².